The van der Waals surface area contributed by atoms with E-state index in [9.17, 15) is 0 Å². The molecule has 2 aromatic rings. The Labute approximate surface area is 101 Å². The summed E-state index contributed by atoms with van der Waals surface area (Å²) in [5.41, 5.74) is 2.11. The summed E-state index contributed by atoms with van der Waals surface area (Å²) in [6.07, 6.45) is 5.52. The molecule has 0 aliphatic carbocycles. The summed E-state index contributed by atoms with van der Waals surface area (Å²) in [5.74, 6) is 1.02. The highest BCUT2D eigenvalue weighted by molar-refractivity contribution is 5.16. The standard InChI is InChI=1S/C12H17N5/c1-9(2)11-4-5-17(16-11)12-14-7-10(6-13-3)8-15-12/h4-5,7-9,13H,6H2,1-3H3. The van der Waals surface area contributed by atoms with Crippen LogP contribution in [0.1, 0.15) is 31.0 Å². The topological polar surface area (TPSA) is 55.6 Å². The van der Waals surface area contributed by atoms with Crippen molar-refractivity contribution in [1.29, 1.82) is 0 Å². The number of hydrogen-bond donors (Lipinski definition) is 1. The van der Waals surface area contributed by atoms with Crippen molar-refractivity contribution in [3.8, 4) is 5.95 Å². The Morgan fingerprint density at radius 2 is 2.00 bits per heavy atom. The molecule has 0 amide bonds. The van der Waals surface area contributed by atoms with E-state index in [1.54, 1.807) is 4.68 Å². The van der Waals surface area contributed by atoms with Gasteiger partial charge in [0.05, 0.1) is 5.69 Å². The van der Waals surface area contributed by atoms with Gasteiger partial charge in [-0.2, -0.15) is 5.10 Å². The van der Waals surface area contributed by atoms with Gasteiger partial charge in [-0.05, 0) is 19.0 Å². The molecule has 0 aliphatic rings. The van der Waals surface area contributed by atoms with Crippen LogP contribution in [-0.4, -0.2) is 26.8 Å². The molecule has 17 heavy (non-hydrogen) atoms. The molecule has 2 heterocycles. The minimum Gasteiger partial charge on any atom is -0.316 e. The van der Waals surface area contributed by atoms with Gasteiger partial charge < -0.3 is 5.32 Å². The second-order valence-electron chi connectivity index (χ2n) is 4.26. The van der Waals surface area contributed by atoms with E-state index in [1.807, 2.05) is 31.7 Å². The molecule has 0 radical (unpaired) electrons. The Hall–Kier alpha value is -1.75. The van der Waals surface area contributed by atoms with Crippen molar-refractivity contribution < 1.29 is 0 Å². The number of aromatic nitrogens is 4. The van der Waals surface area contributed by atoms with Crippen molar-refractivity contribution in [3.05, 3.63) is 35.9 Å². The lowest BCUT2D eigenvalue weighted by Gasteiger charge is -2.02. The lowest BCUT2D eigenvalue weighted by atomic mass is 10.1. The van der Waals surface area contributed by atoms with E-state index in [0.29, 0.717) is 11.9 Å². The van der Waals surface area contributed by atoms with Crippen LogP contribution in [0.5, 0.6) is 0 Å². The van der Waals surface area contributed by atoms with E-state index < -0.39 is 0 Å². The van der Waals surface area contributed by atoms with Crippen LogP contribution < -0.4 is 5.32 Å². The van der Waals surface area contributed by atoms with Crippen LogP contribution in [-0.2, 0) is 6.54 Å². The molecule has 0 saturated carbocycles. The molecule has 0 saturated heterocycles. The molecule has 2 aromatic heterocycles. The number of nitrogens with one attached hydrogen (secondary N) is 1. The number of hydrogen-bond acceptors (Lipinski definition) is 4. The van der Waals surface area contributed by atoms with Crippen molar-refractivity contribution in [3.63, 3.8) is 0 Å². The Kier molecular flexibility index (Phi) is 3.49. The average molecular weight is 231 g/mol. The summed E-state index contributed by atoms with van der Waals surface area (Å²) in [6, 6.07) is 2.00. The molecule has 0 atom stereocenters. The first-order valence-electron chi connectivity index (χ1n) is 5.72. The third kappa shape index (κ3) is 2.68. The fraction of sp³-hybridized carbons (Fsp3) is 0.417. The van der Waals surface area contributed by atoms with Crippen LogP contribution in [0.3, 0.4) is 0 Å². The van der Waals surface area contributed by atoms with Crippen LogP contribution in [0.15, 0.2) is 24.7 Å². The van der Waals surface area contributed by atoms with E-state index >= 15 is 0 Å². The lowest BCUT2D eigenvalue weighted by Crippen LogP contribution is -2.08. The van der Waals surface area contributed by atoms with Crippen LogP contribution in [0, 0.1) is 0 Å². The molecule has 0 bridgehead atoms. The first kappa shape index (κ1) is 11.7. The van der Waals surface area contributed by atoms with Crippen LogP contribution in [0.2, 0.25) is 0 Å². The monoisotopic (exact) mass is 231 g/mol. The normalized spacial score (nSPS) is 11.1. The van der Waals surface area contributed by atoms with Gasteiger partial charge in [0.2, 0.25) is 5.95 Å². The highest BCUT2D eigenvalue weighted by atomic mass is 15.3. The quantitative estimate of drug-likeness (QED) is 0.866. The van der Waals surface area contributed by atoms with Gasteiger partial charge in [-0.25, -0.2) is 14.6 Å². The highest BCUT2D eigenvalue weighted by Gasteiger charge is 2.06. The van der Waals surface area contributed by atoms with E-state index in [1.165, 1.54) is 0 Å². The van der Waals surface area contributed by atoms with E-state index in [4.69, 9.17) is 0 Å². The highest BCUT2D eigenvalue weighted by Crippen LogP contribution is 2.11. The zero-order valence-electron chi connectivity index (χ0n) is 10.4. The summed E-state index contributed by atoms with van der Waals surface area (Å²) < 4.78 is 1.71. The maximum Gasteiger partial charge on any atom is 0.250 e. The molecular formula is C12H17N5. The van der Waals surface area contributed by atoms with Crippen molar-refractivity contribution in [1.82, 2.24) is 25.1 Å². The van der Waals surface area contributed by atoms with Crippen LogP contribution >= 0.6 is 0 Å². The zero-order chi connectivity index (χ0) is 12.3. The van der Waals surface area contributed by atoms with Gasteiger partial charge >= 0.3 is 0 Å². The molecule has 0 spiro atoms. The molecule has 0 fully saturated rings. The minimum atomic E-state index is 0.416. The molecule has 90 valence electrons. The first-order valence-corrected chi connectivity index (χ1v) is 5.72. The van der Waals surface area contributed by atoms with E-state index in [0.717, 1.165) is 17.8 Å². The smallest absolute Gasteiger partial charge is 0.250 e. The summed E-state index contributed by atoms with van der Waals surface area (Å²) in [4.78, 5) is 8.58. The summed E-state index contributed by atoms with van der Waals surface area (Å²) in [5, 5.41) is 7.49. The Morgan fingerprint density at radius 3 is 2.53 bits per heavy atom. The van der Waals surface area contributed by atoms with Gasteiger partial charge in [0.1, 0.15) is 0 Å². The van der Waals surface area contributed by atoms with Gasteiger partial charge in [-0.15, -0.1) is 0 Å². The second kappa shape index (κ2) is 5.05. The van der Waals surface area contributed by atoms with E-state index in [2.05, 4.69) is 34.2 Å². The first-order chi connectivity index (χ1) is 8.20. The Morgan fingerprint density at radius 1 is 1.29 bits per heavy atom. The predicted molar refractivity (Wildman–Crippen MR) is 66.0 cm³/mol. The largest absolute Gasteiger partial charge is 0.316 e. The van der Waals surface area contributed by atoms with Crippen LogP contribution in [0.25, 0.3) is 5.95 Å². The van der Waals surface area contributed by atoms with Crippen molar-refractivity contribution in [2.45, 2.75) is 26.3 Å². The summed E-state index contributed by atoms with van der Waals surface area (Å²) in [7, 11) is 1.90. The van der Waals surface area contributed by atoms with Crippen LogP contribution in [0.4, 0.5) is 0 Å². The molecule has 0 aliphatic heterocycles. The third-order valence-corrected chi connectivity index (χ3v) is 2.48. The van der Waals surface area contributed by atoms with Crippen molar-refractivity contribution in [2.75, 3.05) is 7.05 Å². The van der Waals surface area contributed by atoms with Gasteiger partial charge in [0.25, 0.3) is 0 Å². The molecule has 5 heteroatoms. The van der Waals surface area contributed by atoms with Gasteiger partial charge in [0, 0.05) is 30.7 Å². The fourth-order valence-electron chi connectivity index (χ4n) is 1.52. The fourth-order valence-corrected chi connectivity index (χ4v) is 1.52. The lowest BCUT2D eigenvalue weighted by molar-refractivity contribution is 0.735. The Balaban J connectivity index is 2.21. The second-order valence-corrected chi connectivity index (χ2v) is 4.26. The number of rotatable bonds is 4. The summed E-state index contributed by atoms with van der Waals surface area (Å²) in [6.45, 7) is 5.00. The molecule has 5 nitrogen and oxygen atoms in total. The molecule has 0 unspecified atom stereocenters. The SMILES string of the molecule is CNCc1cnc(-n2ccc(C(C)C)n2)nc1. The molecule has 1 N–H and O–H groups in total. The maximum atomic E-state index is 4.43. The Bertz CT molecular complexity index is 472. The molecule has 0 aromatic carbocycles. The number of nitrogens with zero attached hydrogens (tertiary/aromatic N) is 4. The van der Waals surface area contributed by atoms with Gasteiger partial charge in [0.15, 0.2) is 0 Å². The van der Waals surface area contributed by atoms with E-state index in [-0.39, 0.29) is 0 Å². The third-order valence-electron chi connectivity index (χ3n) is 2.48. The maximum absolute atomic E-state index is 4.43. The van der Waals surface area contributed by atoms with Crippen molar-refractivity contribution >= 4 is 0 Å². The van der Waals surface area contributed by atoms with Crippen molar-refractivity contribution in [2.24, 2.45) is 0 Å². The summed E-state index contributed by atoms with van der Waals surface area (Å²) >= 11 is 0. The van der Waals surface area contributed by atoms with Gasteiger partial charge in [-0.3, -0.25) is 0 Å². The zero-order valence-corrected chi connectivity index (χ0v) is 10.4. The minimum absolute atomic E-state index is 0.416. The average Bonchev–Trinajstić information content (AvgIpc) is 2.80. The van der Waals surface area contributed by atoms with Gasteiger partial charge in [-0.1, -0.05) is 13.8 Å². The molecular weight excluding hydrogens is 214 g/mol. The predicted octanol–water partition coefficient (Wildman–Crippen LogP) is 1.51. The molecule has 2 rings (SSSR count).